The number of aliphatic hydroxyl groups excluding tert-OH is 2. The molecule has 0 bridgehead atoms. The molecule has 0 heterocycles. The highest BCUT2D eigenvalue weighted by Crippen LogP contribution is 2.23. The lowest BCUT2D eigenvalue weighted by Crippen LogP contribution is -2.09. The van der Waals surface area contributed by atoms with E-state index in [4.69, 9.17) is 10.2 Å². The highest BCUT2D eigenvalue weighted by molar-refractivity contribution is 6.06. The second-order valence-electron chi connectivity index (χ2n) is 2.86. The average Bonchev–Trinajstić information content (AvgIpc) is 2.27. The fourth-order valence-electron chi connectivity index (χ4n) is 1.16. The number of benzene rings is 1. The number of aromatic hydroxyl groups is 1. The molecule has 3 N–H and O–H groups in total. The van der Waals surface area contributed by atoms with Crippen LogP contribution in [0, 0.1) is 0 Å². The second-order valence-corrected chi connectivity index (χ2v) is 2.86. The maximum atomic E-state index is 11.1. The van der Waals surface area contributed by atoms with Crippen molar-refractivity contribution in [1.29, 1.82) is 0 Å². The lowest BCUT2D eigenvalue weighted by atomic mass is 10.0. The first-order chi connectivity index (χ1) is 7.11. The third-order valence-electron chi connectivity index (χ3n) is 1.92. The van der Waals surface area contributed by atoms with Crippen LogP contribution in [0.5, 0.6) is 5.75 Å². The zero-order chi connectivity index (χ0) is 11.4. The zero-order valence-corrected chi connectivity index (χ0v) is 7.80. The molecular weight excluding hydrogens is 200 g/mol. The molecular formula is C10H10O5. The molecule has 0 atom stereocenters. The number of phenols is 1. The Balaban J connectivity index is 3.23. The largest absolute Gasteiger partial charge is 0.506 e. The Morgan fingerprint density at radius 3 is 1.73 bits per heavy atom. The van der Waals surface area contributed by atoms with Crippen LogP contribution >= 0.6 is 0 Å². The van der Waals surface area contributed by atoms with Gasteiger partial charge in [0, 0.05) is 0 Å². The molecule has 0 aliphatic carbocycles. The van der Waals surface area contributed by atoms with E-state index >= 15 is 0 Å². The van der Waals surface area contributed by atoms with Crippen LogP contribution in [0.15, 0.2) is 18.2 Å². The smallest absolute Gasteiger partial charge is 0.191 e. The molecule has 1 aromatic carbocycles. The Morgan fingerprint density at radius 1 is 1.00 bits per heavy atom. The molecule has 1 aromatic rings. The standard InChI is InChI=1S/C10H10O5/c11-4-8(13)6-2-1-3-7(10(6)15)9(14)5-12/h1-3,11-12,15H,4-5H2. The van der Waals surface area contributed by atoms with Crippen molar-refractivity contribution in [1.82, 2.24) is 0 Å². The van der Waals surface area contributed by atoms with Gasteiger partial charge in [0.05, 0.1) is 11.1 Å². The molecule has 80 valence electrons. The van der Waals surface area contributed by atoms with Crippen LogP contribution < -0.4 is 0 Å². The Labute approximate surface area is 85.6 Å². The van der Waals surface area contributed by atoms with E-state index < -0.39 is 30.5 Å². The number of ketones is 2. The van der Waals surface area contributed by atoms with Gasteiger partial charge >= 0.3 is 0 Å². The molecule has 0 unspecified atom stereocenters. The van der Waals surface area contributed by atoms with E-state index in [1.54, 1.807) is 0 Å². The summed E-state index contributed by atoms with van der Waals surface area (Å²) in [4.78, 5) is 22.2. The molecule has 0 aliphatic heterocycles. The normalized spacial score (nSPS) is 10.0. The van der Waals surface area contributed by atoms with Crippen molar-refractivity contribution in [3.05, 3.63) is 29.3 Å². The van der Waals surface area contributed by atoms with Gasteiger partial charge in [0.1, 0.15) is 19.0 Å². The predicted octanol–water partition coefficient (Wildman–Crippen LogP) is -0.258. The lowest BCUT2D eigenvalue weighted by Gasteiger charge is -2.05. The first-order valence-electron chi connectivity index (χ1n) is 4.22. The maximum absolute atomic E-state index is 11.1. The van der Waals surface area contributed by atoms with Crippen molar-refractivity contribution in [2.24, 2.45) is 0 Å². The quantitative estimate of drug-likeness (QED) is 0.595. The van der Waals surface area contributed by atoms with Crippen molar-refractivity contribution in [3.63, 3.8) is 0 Å². The Hall–Kier alpha value is -1.72. The van der Waals surface area contributed by atoms with Crippen LogP contribution in [-0.4, -0.2) is 40.1 Å². The third kappa shape index (κ3) is 2.20. The summed E-state index contributed by atoms with van der Waals surface area (Å²) in [6, 6.07) is 3.98. The summed E-state index contributed by atoms with van der Waals surface area (Å²) in [5, 5.41) is 26.7. The van der Waals surface area contributed by atoms with Crippen LogP contribution in [-0.2, 0) is 0 Å². The summed E-state index contributed by atoms with van der Waals surface area (Å²) in [6.07, 6.45) is 0. The SMILES string of the molecule is O=C(CO)c1cccc(C(=O)CO)c1O. The van der Waals surface area contributed by atoms with E-state index in [9.17, 15) is 14.7 Å². The summed E-state index contributed by atoms with van der Waals surface area (Å²) in [7, 11) is 0. The van der Waals surface area contributed by atoms with Crippen LogP contribution in [0.4, 0.5) is 0 Å². The van der Waals surface area contributed by atoms with Gasteiger partial charge in [0.15, 0.2) is 11.6 Å². The lowest BCUT2D eigenvalue weighted by molar-refractivity contribution is 0.0896. The predicted molar refractivity (Wildman–Crippen MR) is 50.9 cm³/mol. The molecule has 0 saturated heterocycles. The van der Waals surface area contributed by atoms with Gasteiger partial charge < -0.3 is 15.3 Å². The molecule has 5 heteroatoms. The van der Waals surface area contributed by atoms with E-state index in [1.807, 2.05) is 0 Å². The van der Waals surface area contributed by atoms with E-state index in [1.165, 1.54) is 18.2 Å². The van der Waals surface area contributed by atoms with Crippen molar-refractivity contribution < 1.29 is 24.9 Å². The molecule has 0 radical (unpaired) electrons. The van der Waals surface area contributed by atoms with Gasteiger partial charge in [0.2, 0.25) is 0 Å². The number of phenolic OH excluding ortho intramolecular Hbond substituents is 1. The number of para-hydroxylation sites is 1. The van der Waals surface area contributed by atoms with Crippen LogP contribution in [0.3, 0.4) is 0 Å². The minimum Gasteiger partial charge on any atom is -0.506 e. The van der Waals surface area contributed by atoms with Crippen molar-refractivity contribution in [2.45, 2.75) is 0 Å². The molecule has 0 saturated carbocycles. The Morgan fingerprint density at radius 2 is 1.40 bits per heavy atom. The molecule has 0 amide bonds. The molecule has 0 aromatic heterocycles. The van der Waals surface area contributed by atoms with Gasteiger partial charge in [-0.25, -0.2) is 0 Å². The molecule has 5 nitrogen and oxygen atoms in total. The maximum Gasteiger partial charge on any atom is 0.191 e. The Kier molecular flexibility index (Phi) is 3.54. The second kappa shape index (κ2) is 4.68. The molecule has 1 rings (SSSR count). The van der Waals surface area contributed by atoms with Crippen molar-refractivity contribution in [3.8, 4) is 5.75 Å². The summed E-state index contributed by atoms with van der Waals surface area (Å²) < 4.78 is 0. The van der Waals surface area contributed by atoms with Gasteiger partial charge in [-0.05, 0) is 12.1 Å². The number of hydrogen-bond acceptors (Lipinski definition) is 5. The number of rotatable bonds is 4. The first-order valence-corrected chi connectivity index (χ1v) is 4.22. The highest BCUT2D eigenvalue weighted by atomic mass is 16.3. The molecule has 15 heavy (non-hydrogen) atoms. The van der Waals surface area contributed by atoms with E-state index in [2.05, 4.69) is 0 Å². The minimum absolute atomic E-state index is 0.128. The van der Waals surface area contributed by atoms with E-state index in [0.717, 1.165) is 0 Å². The topological polar surface area (TPSA) is 94.8 Å². The van der Waals surface area contributed by atoms with Gasteiger partial charge in [0.25, 0.3) is 0 Å². The summed E-state index contributed by atoms with van der Waals surface area (Å²) in [5.74, 6) is -1.87. The number of Topliss-reactive ketones (excluding diaryl/α,β-unsaturated/α-hetero) is 2. The number of hydrogen-bond donors (Lipinski definition) is 3. The fourth-order valence-corrected chi connectivity index (χ4v) is 1.16. The number of carbonyl (C=O) groups is 2. The summed E-state index contributed by atoms with van der Waals surface area (Å²) >= 11 is 0. The molecule has 0 fully saturated rings. The monoisotopic (exact) mass is 210 g/mol. The van der Waals surface area contributed by atoms with Gasteiger partial charge in [-0.1, -0.05) is 6.07 Å². The highest BCUT2D eigenvalue weighted by Gasteiger charge is 2.16. The fraction of sp³-hybridized carbons (Fsp3) is 0.200. The van der Waals surface area contributed by atoms with Crippen LogP contribution in [0.25, 0.3) is 0 Å². The van der Waals surface area contributed by atoms with E-state index in [0.29, 0.717) is 0 Å². The van der Waals surface area contributed by atoms with Gasteiger partial charge in [-0.3, -0.25) is 9.59 Å². The van der Waals surface area contributed by atoms with Crippen molar-refractivity contribution in [2.75, 3.05) is 13.2 Å². The van der Waals surface area contributed by atoms with Gasteiger partial charge in [-0.15, -0.1) is 0 Å². The average molecular weight is 210 g/mol. The zero-order valence-electron chi connectivity index (χ0n) is 7.80. The third-order valence-corrected chi connectivity index (χ3v) is 1.92. The number of aliphatic hydroxyl groups is 2. The van der Waals surface area contributed by atoms with E-state index in [-0.39, 0.29) is 11.1 Å². The minimum atomic E-state index is -0.746. The Bertz CT molecular complexity index is 363. The number of carbonyl (C=O) groups excluding carboxylic acids is 2. The van der Waals surface area contributed by atoms with Gasteiger partial charge in [-0.2, -0.15) is 0 Å². The summed E-state index contributed by atoms with van der Waals surface area (Å²) in [5.41, 5.74) is -0.256. The van der Waals surface area contributed by atoms with Crippen molar-refractivity contribution >= 4 is 11.6 Å². The molecule has 0 spiro atoms. The summed E-state index contributed by atoms with van der Waals surface area (Å²) in [6.45, 7) is -1.49. The first kappa shape index (κ1) is 11.4. The van der Waals surface area contributed by atoms with Crippen LogP contribution in [0.2, 0.25) is 0 Å². The van der Waals surface area contributed by atoms with Crippen LogP contribution in [0.1, 0.15) is 20.7 Å². The molecule has 0 aliphatic rings.